The van der Waals surface area contributed by atoms with Gasteiger partial charge in [-0.2, -0.15) is 0 Å². The van der Waals surface area contributed by atoms with Crippen molar-refractivity contribution in [3.8, 4) is 0 Å². The van der Waals surface area contributed by atoms with Gasteiger partial charge in [0.05, 0.1) is 10.6 Å². The quantitative estimate of drug-likeness (QED) is 0.743. The molecule has 1 saturated heterocycles. The second-order valence-corrected chi connectivity index (χ2v) is 6.34. The standard InChI is InChI=1S/C14H17ClN2O2/c1-14(2,3)9-6-12(18)17(8-9)13(19)10-4-5-16-7-11(10)15/h4-5,7,9H,6,8H2,1-3H3. The SMILES string of the molecule is CC(C)(C)C1CC(=O)N(C(=O)c2ccncc2Cl)C1. The molecule has 0 aromatic carbocycles. The molecule has 0 spiro atoms. The van der Waals surface area contributed by atoms with Crippen LogP contribution < -0.4 is 0 Å². The smallest absolute Gasteiger partial charge is 0.262 e. The molecule has 2 rings (SSSR count). The average Bonchev–Trinajstić information content (AvgIpc) is 2.71. The highest BCUT2D eigenvalue weighted by molar-refractivity contribution is 6.34. The number of halogens is 1. The van der Waals surface area contributed by atoms with Crippen molar-refractivity contribution in [2.75, 3.05) is 6.54 Å². The van der Waals surface area contributed by atoms with Crippen molar-refractivity contribution >= 4 is 23.4 Å². The Morgan fingerprint density at radius 1 is 1.47 bits per heavy atom. The summed E-state index contributed by atoms with van der Waals surface area (Å²) in [4.78, 5) is 29.5. The fraction of sp³-hybridized carbons (Fsp3) is 0.500. The summed E-state index contributed by atoms with van der Waals surface area (Å²) in [5, 5.41) is 0.277. The van der Waals surface area contributed by atoms with E-state index >= 15 is 0 Å². The predicted molar refractivity (Wildman–Crippen MR) is 72.9 cm³/mol. The summed E-state index contributed by atoms with van der Waals surface area (Å²) in [5.74, 6) is -0.272. The zero-order chi connectivity index (χ0) is 14.2. The Kier molecular flexibility index (Phi) is 3.63. The van der Waals surface area contributed by atoms with Crippen LogP contribution in [-0.4, -0.2) is 28.2 Å². The second kappa shape index (κ2) is 4.93. The van der Waals surface area contributed by atoms with Gasteiger partial charge in [-0.25, -0.2) is 0 Å². The maximum Gasteiger partial charge on any atom is 0.262 e. The lowest BCUT2D eigenvalue weighted by molar-refractivity contribution is -0.125. The summed E-state index contributed by atoms with van der Waals surface area (Å²) in [7, 11) is 0. The summed E-state index contributed by atoms with van der Waals surface area (Å²) < 4.78 is 0. The van der Waals surface area contributed by atoms with E-state index in [1.54, 1.807) is 6.07 Å². The van der Waals surface area contributed by atoms with Gasteiger partial charge in [-0.05, 0) is 17.4 Å². The fourth-order valence-electron chi connectivity index (χ4n) is 2.18. The molecule has 1 aromatic heterocycles. The Labute approximate surface area is 117 Å². The first-order chi connectivity index (χ1) is 8.80. The van der Waals surface area contributed by atoms with Crippen molar-refractivity contribution in [2.45, 2.75) is 27.2 Å². The number of pyridine rings is 1. The minimum absolute atomic E-state index is 0.00667. The number of carbonyl (C=O) groups excluding carboxylic acids is 2. The number of likely N-dealkylation sites (tertiary alicyclic amines) is 1. The molecule has 0 saturated carbocycles. The number of hydrogen-bond donors (Lipinski definition) is 0. The van der Waals surface area contributed by atoms with Crippen LogP contribution in [0.25, 0.3) is 0 Å². The third-order valence-corrected chi connectivity index (χ3v) is 3.90. The number of nitrogens with zero attached hydrogens (tertiary/aromatic N) is 2. The average molecular weight is 281 g/mol. The van der Waals surface area contributed by atoms with Crippen molar-refractivity contribution in [3.63, 3.8) is 0 Å². The van der Waals surface area contributed by atoms with E-state index in [0.717, 1.165) is 0 Å². The molecule has 1 aliphatic heterocycles. The van der Waals surface area contributed by atoms with Crippen molar-refractivity contribution in [3.05, 3.63) is 29.0 Å². The molecule has 1 fully saturated rings. The van der Waals surface area contributed by atoms with Crippen LogP contribution in [0.3, 0.4) is 0 Å². The first-order valence-electron chi connectivity index (χ1n) is 6.25. The predicted octanol–water partition coefficient (Wildman–Crippen LogP) is 2.77. The molecule has 2 heterocycles. The Morgan fingerprint density at radius 3 is 2.68 bits per heavy atom. The first kappa shape index (κ1) is 14.0. The summed E-state index contributed by atoms with van der Waals surface area (Å²) in [5.41, 5.74) is 0.340. The van der Waals surface area contributed by atoms with Crippen molar-refractivity contribution in [1.29, 1.82) is 0 Å². The van der Waals surface area contributed by atoms with Crippen molar-refractivity contribution in [1.82, 2.24) is 9.88 Å². The fourth-order valence-corrected chi connectivity index (χ4v) is 2.38. The van der Waals surface area contributed by atoms with Gasteiger partial charge in [0.25, 0.3) is 5.91 Å². The van der Waals surface area contributed by atoms with E-state index < -0.39 is 0 Å². The number of amides is 2. The topological polar surface area (TPSA) is 50.3 Å². The largest absolute Gasteiger partial charge is 0.278 e. The molecular formula is C14H17ClN2O2. The Balaban J connectivity index is 2.22. The third kappa shape index (κ3) is 2.78. The van der Waals surface area contributed by atoms with E-state index in [1.807, 2.05) is 0 Å². The van der Waals surface area contributed by atoms with Crippen LogP contribution in [0.2, 0.25) is 5.02 Å². The van der Waals surface area contributed by atoms with E-state index in [0.29, 0.717) is 18.5 Å². The van der Waals surface area contributed by atoms with Gasteiger partial charge in [0.2, 0.25) is 5.91 Å². The number of hydrogen-bond acceptors (Lipinski definition) is 3. The molecule has 0 radical (unpaired) electrons. The minimum Gasteiger partial charge on any atom is -0.278 e. The monoisotopic (exact) mass is 280 g/mol. The molecule has 19 heavy (non-hydrogen) atoms. The second-order valence-electron chi connectivity index (χ2n) is 5.93. The normalized spacial score (nSPS) is 19.9. The summed E-state index contributed by atoms with van der Waals surface area (Å²) in [6, 6.07) is 1.54. The molecule has 0 N–H and O–H groups in total. The van der Waals surface area contributed by atoms with E-state index in [4.69, 9.17) is 11.6 Å². The van der Waals surface area contributed by atoms with Crippen LogP contribution in [0, 0.1) is 11.3 Å². The van der Waals surface area contributed by atoms with Gasteiger partial charge in [-0.15, -0.1) is 0 Å². The van der Waals surface area contributed by atoms with E-state index in [9.17, 15) is 9.59 Å². The van der Waals surface area contributed by atoms with Crippen LogP contribution in [0.4, 0.5) is 0 Å². The van der Waals surface area contributed by atoms with Crippen molar-refractivity contribution in [2.24, 2.45) is 11.3 Å². The molecule has 1 aromatic rings. The molecule has 2 amide bonds. The highest BCUT2D eigenvalue weighted by Gasteiger charge is 2.40. The highest BCUT2D eigenvalue weighted by Crippen LogP contribution is 2.35. The Bertz CT molecular complexity index is 522. The zero-order valence-corrected chi connectivity index (χ0v) is 12.1. The van der Waals surface area contributed by atoms with Gasteiger partial charge in [-0.3, -0.25) is 19.5 Å². The van der Waals surface area contributed by atoms with Gasteiger partial charge >= 0.3 is 0 Å². The van der Waals surface area contributed by atoms with E-state index in [-0.39, 0.29) is 28.2 Å². The van der Waals surface area contributed by atoms with Crippen molar-refractivity contribution < 1.29 is 9.59 Å². The minimum atomic E-state index is -0.329. The van der Waals surface area contributed by atoms with Crippen LogP contribution in [0.1, 0.15) is 37.6 Å². The van der Waals surface area contributed by atoms with Gasteiger partial charge in [-0.1, -0.05) is 32.4 Å². The summed E-state index contributed by atoms with van der Waals surface area (Å²) in [6.45, 7) is 6.70. The number of carbonyl (C=O) groups is 2. The molecular weight excluding hydrogens is 264 g/mol. The molecule has 0 aliphatic carbocycles. The molecule has 4 nitrogen and oxygen atoms in total. The lowest BCUT2D eigenvalue weighted by Gasteiger charge is -2.26. The van der Waals surface area contributed by atoms with Gasteiger partial charge in [0.1, 0.15) is 0 Å². The molecule has 102 valence electrons. The van der Waals surface area contributed by atoms with Gasteiger partial charge in [0, 0.05) is 25.4 Å². The highest BCUT2D eigenvalue weighted by atomic mass is 35.5. The van der Waals surface area contributed by atoms with E-state index in [1.165, 1.54) is 17.3 Å². The van der Waals surface area contributed by atoms with Crippen LogP contribution in [-0.2, 0) is 4.79 Å². The molecule has 1 aliphatic rings. The van der Waals surface area contributed by atoms with Crippen LogP contribution >= 0.6 is 11.6 Å². The lowest BCUT2D eigenvalue weighted by Crippen LogP contribution is -2.33. The molecule has 5 heteroatoms. The maximum absolute atomic E-state index is 12.3. The number of aromatic nitrogens is 1. The number of rotatable bonds is 1. The lowest BCUT2D eigenvalue weighted by atomic mass is 9.80. The Morgan fingerprint density at radius 2 is 2.16 bits per heavy atom. The molecule has 1 unspecified atom stereocenters. The van der Waals surface area contributed by atoms with Gasteiger partial charge < -0.3 is 0 Å². The van der Waals surface area contributed by atoms with E-state index in [2.05, 4.69) is 25.8 Å². The first-order valence-corrected chi connectivity index (χ1v) is 6.62. The Hall–Kier alpha value is -1.42. The summed E-state index contributed by atoms with van der Waals surface area (Å²) >= 11 is 5.95. The molecule has 0 bridgehead atoms. The summed E-state index contributed by atoms with van der Waals surface area (Å²) in [6.07, 6.45) is 3.33. The third-order valence-electron chi connectivity index (χ3n) is 3.60. The zero-order valence-electron chi connectivity index (χ0n) is 11.3. The van der Waals surface area contributed by atoms with Crippen LogP contribution in [0.5, 0.6) is 0 Å². The molecule has 1 atom stereocenters. The number of imide groups is 1. The van der Waals surface area contributed by atoms with Crippen LogP contribution in [0.15, 0.2) is 18.5 Å². The maximum atomic E-state index is 12.3. The van der Waals surface area contributed by atoms with Gasteiger partial charge in [0.15, 0.2) is 0 Å².